The number of carbonyl (C=O) groups is 1. The summed E-state index contributed by atoms with van der Waals surface area (Å²) in [5, 5.41) is 18.3. The topological polar surface area (TPSA) is 73.7 Å². The fourth-order valence-electron chi connectivity index (χ4n) is 2.05. The van der Waals surface area contributed by atoms with Crippen molar-refractivity contribution in [3.8, 4) is 0 Å². The van der Waals surface area contributed by atoms with Crippen molar-refractivity contribution in [3.05, 3.63) is 29.6 Å². The van der Waals surface area contributed by atoms with E-state index in [4.69, 9.17) is 5.11 Å². The second kappa shape index (κ2) is 5.25. The summed E-state index contributed by atoms with van der Waals surface area (Å²) in [5.74, 6) is -0.961. The van der Waals surface area contributed by atoms with Crippen molar-refractivity contribution in [1.82, 2.24) is 9.88 Å². The maximum Gasteiger partial charge on any atom is 0.337 e. The first-order valence-corrected chi connectivity index (χ1v) is 5.74. The number of aliphatic hydroxyl groups excluding tert-OH is 1. The monoisotopic (exact) mass is 236 g/mol. The van der Waals surface area contributed by atoms with Crippen molar-refractivity contribution in [2.45, 2.75) is 25.5 Å². The summed E-state index contributed by atoms with van der Waals surface area (Å²) in [4.78, 5) is 16.9. The molecule has 0 aromatic carbocycles. The smallest absolute Gasteiger partial charge is 0.337 e. The number of carboxylic acid groups (broad SMARTS) is 1. The summed E-state index contributed by atoms with van der Waals surface area (Å²) in [6.07, 6.45) is 2.98. The van der Waals surface area contributed by atoms with E-state index in [2.05, 4.69) is 9.88 Å². The Hall–Kier alpha value is -1.46. The predicted octanol–water partition coefficient (Wildman–Crippen LogP) is 0.736. The van der Waals surface area contributed by atoms with Crippen LogP contribution in [0.4, 0.5) is 0 Å². The molecule has 1 aliphatic rings. The molecule has 0 spiro atoms. The molecule has 5 nitrogen and oxygen atoms in total. The van der Waals surface area contributed by atoms with Crippen molar-refractivity contribution < 1.29 is 15.0 Å². The molecule has 0 aliphatic carbocycles. The van der Waals surface area contributed by atoms with Gasteiger partial charge in [-0.2, -0.15) is 0 Å². The maximum absolute atomic E-state index is 10.7. The molecule has 1 saturated heterocycles. The van der Waals surface area contributed by atoms with Crippen LogP contribution in [0.15, 0.2) is 18.3 Å². The van der Waals surface area contributed by atoms with Crippen LogP contribution in [0.5, 0.6) is 0 Å². The van der Waals surface area contributed by atoms with E-state index in [1.807, 2.05) is 0 Å². The molecule has 17 heavy (non-hydrogen) atoms. The van der Waals surface area contributed by atoms with Crippen molar-refractivity contribution in [2.75, 3.05) is 13.1 Å². The number of aliphatic hydroxyl groups is 1. The average molecular weight is 236 g/mol. The standard InChI is InChI=1S/C12H16N2O3/c15-11-2-1-5-14(8-11)7-10-4-3-9(6-13-10)12(16)17/h3-4,6,11,15H,1-2,5,7-8H2,(H,16,17). The summed E-state index contributed by atoms with van der Waals surface area (Å²) in [7, 11) is 0. The van der Waals surface area contributed by atoms with Gasteiger partial charge in [0.05, 0.1) is 17.4 Å². The van der Waals surface area contributed by atoms with Crippen LogP contribution in [-0.2, 0) is 6.54 Å². The molecule has 2 heterocycles. The number of hydrogen-bond acceptors (Lipinski definition) is 4. The highest BCUT2D eigenvalue weighted by Gasteiger charge is 2.17. The molecule has 2 rings (SSSR count). The first kappa shape index (κ1) is 12.0. The van der Waals surface area contributed by atoms with Crippen LogP contribution in [0, 0.1) is 0 Å². The molecule has 1 unspecified atom stereocenters. The molecule has 2 N–H and O–H groups in total. The Morgan fingerprint density at radius 2 is 2.35 bits per heavy atom. The second-order valence-electron chi connectivity index (χ2n) is 4.37. The molecule has 1 aliphatic heterocycles. The van der Waals surface area contributed by atoms with E-state index in [0.717, 1.165) is 25.1 Å². The van der Waals surface area contributed by atoms with Crippen molar-refractivity contribution in [1.29, 1.82) is 0 Å². The lowest BCUT2D eigenvalue weighted by atomic mass is 10.1. The minimum atomic E-state index is -0.961. The highest BCUT2D eigenvalue weighted by molar-refractivity contribution is 5.87. The van der Waals surface area contributed by atoms with Gasteiger partial charge in [0.15, 0.2) is 0 Å². The number of aromatic carboxylic acids is 1. The zero-order valence-electron chi connectivity index (χ0n) is 9.54. The van der Waals surface area contributed by atoms with Crippen LogP contribution in [0.1, 0.15) is 28.9 Å². The lowest BCUT2D eigenvalue weighted by Gasteiger charge is -2.29. The van der Waals surface area contributed by atoms with Gasteiger partial charge in [0.2, 0.25) is 0 Å². The largest absolute Gasteiger partial charge is 0.478 e. The summed E-state index contributed by atoms with van der Waals surface area (Å²) >= 11 is 0. The Bertz CT molecular complexity index is 391. The summed E-state index contributed by atoms with van der Waals surface area (Å²) in [6.45, 7) is 2.29. The maximum atomic E-state index is 10.7. The van der Waals surface area contributed by atoms with Gasteiger partial charge in [-0.25, -0.2) is 4.79 Å². The fourth-order valence-corrected chi connectivity index (χ4v) is 2.05. The van der Waals surface area contributed by atoms with Gasteiger partial charge in [0.1, 0.15) is 0 Å². The second-order valence-corrected chi connectivity index (χ2v) is 4.37. The quantitative estimate of drug-likeness (QED) is 0.809. The van der Waals surface area contributed by atoms with E-state index in [0.29, 0.717) is 13.1 Å². The molecular formula is C12H16N2O3. The number of aromatic nitrogens is 1. The molecule has 1 fully saturated rings. The third-order valence-electron chi connectivity index (χ3n) is 2.94. The number of likely N-dealkylation sites (tertiary alicyclic amines) is 1. The van der Waals surface area contributed by atoms with Gasteiger partial charge in [-0.3, -0.25) is 9.88 Å². The number of carboxylic acids is 1. The van der Waals surface area contributed by atoms with E-state index in [-0.39, 0.29) is 11.7 Å². The van der Waals surface area contributed by atoms with E-state index < -0.39 is 5.97 Å². The number of pyridine rings is 1. The highest BCUT2D eigenvalue weighted by atomic mass is 16.4. The van der Waals surface area contributed by atoms with Crippen molar-refractivity contribution >= 4 is 5.97 Å². The van der Waals surface area contributed by atoms with Crippen LogP contribution in [0.25, 0.3) is 0 Å². The molecule has 1 atom stereocenters. The summed E-state index contributed by atoms with van der Waals surface area (Å²) in [6, 6.07) is 3.29. The number of piperidine rings is 1. The van der Waals surface area contributed by atoms with Gasteiger partial charge < -0.3 is 10.2 Å². The third kappa shape index (κ3) is 3.25. The molecule has 1 aromatic heterocycles. The summed E-state index contributed by atoms with van der Waals surface area (Å²) in [5.41, 5.74) is 1.04. The number of rotatable bonds is 3. The SMILES string of the molecule is O=C(O)c1ccc(CN2CCCC(O)C2)nc1. The fraction of sp³-hybridized carbons (Fsp3) is 0.500. The number of hydrogen-bond donors (Lipinski definition) is 2. The Labute approximate surface area is 99.7 Å². The van der Waals surface area contributed by atoms with E-state index in [9.17, 15) is 9.90 Å². The zero-order valence-corrected chi connectivity index (χ0v) is 9.54. The Morgan fingerprint density at radius 3 is 2.94 bits per heavy atom. The first-order chi connectivity index (χ1) is 8.15. The zero-order chi connectivity index (χ0) is 12.3. The van der Waals surface area contributed by atoms with Gasteiger partial charge in [-0.15, -0.1) is 0 Å². The van der Waals surface area contributed by atoms with E-state index >= 15 is 0 Å². The van der Waals surface area contributed by atoms with Gasteiger partial charge in [0.25, 0.3) is 0 Å². The Morgan fingerprint density at radius 1 is 1.53 bits per heavy atom. The van der Waals surface area contributed by atoms with Crippen molar-refractivity contribution in [3.63, 3.8) is 0 Å². The molecule has 0 bridgehead atoms. The van der Waals surface area contributed by atoms with Crippen molar-refractivity contribution in [2.24, 2.45) is 0 Å². The Balaban J connectivity index is 1.96. The highest BCUT2D eigenvalue weighted by Crippen LogP contribution is 2.12. The molecule has 1 aromatic rings. The number of β-amino-alcohol motifs (C(OH)–C–C–N with tert-alkyl or cyclic N) is 1. The van der Waals surface area contributed by atoms with Crippen LogP contribution in [0.3, 0.4) is 0 Å². The normalized spacial score (nSPS) is 21.4. The van der Waals surface area contributed by atoms with Gasteiger partial charge in [-0.05, 0) is 31.5 Å². The molecule has 0 saturated carbocycles. The molecule has 5 heteroatoms. The molecule has 0 amide bonds. The van der Waals surface area contributed by atoms with Gasteiger partial charge in [0, 0.05) is 19.3 Å². The molecule has 0 radical (unpaired) electrons. The lowest BCUT2D eigenvalue weighted by molar-refractivity contribution is 0.0662. The summed E-state index contributed by atoms with van der Waals surface area (Å²) < 4.78 is 0. The Kier molecular flexibility index (Phi) is 3.71. The van der Waals surface area contributed by atoms with E-state index in [1.165, 1.54) is 6.20 Å². The minimum Gasteiger partial charge on any atom is -0.478 e. The lowest BCUT2D eigenvalue weighted by Crippen LogP contribution is -2.37. The van der Waals surface area contributed by atoms with Crippen LogP contribution in [0.2, 0.25) is 0 Å². The van der Waals surface area contributed by atoms with Crippen LogP contribution >= 0.6 is 0 Å². The van der Waals surface area contributed by atoms with Crippen LogP contribution < -0.4 is 0 Å². The van der Waals surface area contributed by atoms with Crippen LogP contribution in [-0.4, -0.2) is 45.3 Å². The average Bonchev–Trinajstić information content (AvgIpc) is 2.29. The third-order valence-corrected chi connectivity index (χ3v) is 2.94. The minimum absolute atomic E-state index is 0.201. The van der Waals surface area contributed by atoms with E-state index in [1.54, 1.807) is 12.1 Å². The predicted molar refractivity (Wildman–Crippen MR) is 61.7 cm³/mol. The van der Waals surface area contributed by atoms with Gasteiger partial charge >= 0.3 is 5.97 Å². The number of nitrogens with zero attached hydrogens (tertiary/aromatic N) is 2. The first-order valence-electron chi connectivity index (χ1n) is 5.74. The molecular weight excluding hydrogens is 220 g/mol. The molecule has 92 valence electrons. The van der Waals surface area contributed by atoms with Gasteiger partial charge in [-0.1, -0.05) is 0 Å².